The molecule has 0 radical (unpaired) electrons. The molecule has 0 fully saturated rings. The molecule has 0 bridgehead atoms. The van der Waals surface area contributed by atoms with E-state index in [2.05, 4.69) is 4.90 Å². The van der Waals surface area contributed by atoms with Crippen LogP contribution in [0.5, 0.6) is 0 Å². The van der Waals surface area contributed by atoms with Crippen LogP contribution >= 0.6 is 11.6 Å². The SMILES string of the molecule is CN1CCN(CC=O)c2cccc(Cl)c21. The molecule has 0 aliphatic carbocycles. The highest BCUT2D eigenvalue weighted by Gasteiger charge is 2.21. The summed E-state index contributed by atoms with van der Waals surface area (Å²) in [6, 6.07) is 5.79. The molecule has 1 heterocycles. The fourth-order valence-corrected chi connectivity index (χ4v) is 2.23. The Morgan fingerprint density at radius 3 is 3.00 bits per heavy atom. The Balaban J connectivity index is 2.45. The highest BCUT2D eigenvalue weighted by atomic mass is 35.5. The number of likely N-dealkylation sites (N-methyl/N-ethyl adjacent to an activating group) is 1. The lowest BCUT2D eigenvalue weighted by Crippen LogP contribution is -2.40. The zero-order valence-corrected chi connectivity index (χ0v) is 9.37. The summed E-state index contributed by atoms with van der Waals surface area (Å²) in [6.45, 7) is 2.19. The van der Waals surface area contributed by atoms with Gasteiger partial charge in [-0.1, -0.05) is 17.7 Å². The van der Waals surface area contributed by atoms with Crippen LogP contribution in [-0.2, 0) is 4.79 Å². The van der Waals surface area contributed by atoms with Crippen molar-refractivity contribution >= 4 is 29.3 Å². The number of hydrogen-bond acceptors (Lipinski definition) is 3. The topological polar surface area (TPSA) is 23.6 Å². The third-order valence-corrected chi connectivity index (χ3v) is 2.99. The van der Waals surface area contributed by atoms with Crippen molar-refractivity contribution in [1.82, 2.24) is 0 Å². The monoisotopic (exact) mass is 224 g/mol. The Labute approximate surface area is 94.2 Å². The zero-order chi connectivity index (χ0) is 10.8. The molecule has 4 heteroatoms. The normalized spacial score (nSPS) is 15.1. The standard InChI is InChI=1S/C11H13ClN2O/c1-13-5-6-14(7-8-15)10-4-2-3-9(12)11(10)13/h2-4,8H,5-7H2,1H3. The lowest BCUT2D eigenvalue weighted by molar-refractivity contribution is -0.106. The van der Waals surface area contributed by atoms with Crippen LogP contribution in [0.15, 0.2) is 18.2 Å². The van der Waals surface area contributed by atoms with Gasteiger partial charge in [-0.2, -0.15) is 0 Å². The van der Waals surface area contributed by atoms with E-state index in [1.165, 1.54) is 0 Å². The Kier molecular flexibility index (Phi) is 2.82. The van der Waals surface area contributed by atoms with E-state index in [1.807, 2.05) is 30.1 Å². The number of benzene rings is 1. The van der Waals surface area contributed by atoms with Crippen LogP contribution in [0.1, 0.15) is 0 Å². The van der Waals surface area contributed by atoms with E-state index in [1.54, 1.807) is 0 Å². The number of halogens is 1. The molecule has 0 saturated heterocycles. The summed E-state index contributed by atoms with van der Waals surface area (Å²) in [7, 11) is 2.02. The molecule has 0 N–H and O–H groups in total. The number of fused-ring (bicyclic) bond motifs is 1. The van der Waals surface area contributed by atoms with Gasteiger partial charge in [0.1, 0.15) is 6.29 Å². The molecule has 1 aromatic carbocycles. The van der Waals surface area contributed by atoms with Crippen molar-refractivity contribution in [3.8, 4) is 0 Å². The maximum Gasteiger partial charge on any atom is 0.139 e. The van der Waals surface area contributed by atoms with Gasteiger partial charge in [0.15, 0.2) is 0 Å². The molecule has 2 rings (SSSR count). The molecule has 1 aliphatic rings. The highest BCUT2D eigenvalue weighted by molar-refractivity contribution is 6.34. The Hall–Kier alpha value is -1.22. The minimum absolute atomic E-state index is 0.432. The molecule has 3 nitrogen and oxygen atoms in total. The van der Waals surface area contributed by atoms with E-state index in [4.69, 9.17) is 11.6 Å². The van der Waals surface area contributed by atoms with E-state index in [0.717, 1.165) is 35.8 Å². The largest absolute Gasteiger partial charge is 0.370 e. The van der Waals surface area contributed by atoms with E-state index < -0.39 is 0 Å². The Morgan fingerprint density at radius 2 is 2.27 bits per heavy atom. The van der Waals surface area contributed by atoms with Crippen LogP contribution in [0.3, 0.4) is 0 Å². The molecule has 0 aromatic heterocycles. The van der Waals surface area contributed by atoms with Gasteiger partial charge in [-0.05, 0) is 12.1 Å². The second-order valence-electron chi connectivity index (χ2n) is 3.64. The summed E-state index contributed by atoms with van der Waals surface area (Å²) in [5, 5.41) is 0.741. The minimum Gasteiger partial charge on any atom is -0.370 e. The summed E-state index contributed by atoms with van der Waals surface area (Å²) in [4.78, 5) is 14.7. The van der Waals surface area contributed by atoms with Crippen molar-refractivity contribution in [1.29, 1.82) is 0 Å². The van der Waals surface area contributed by atoms with Crippen molar-refractivity contribution in [3.05, 3.63) is 23.2 Å². The van der Waals surface area contributed by atoms with Crippen LogP contribution in [-0.4, -0.2) is 33.0 Å². The van der Waals surface area contributed by atoms with Crippen LogP contribution in [0.4, 0.5) is 11.4 Å². The van der Waals surface area contributed by atoms with Gasteiger partial charge in [-0.25, -0.2) is 0 Å². The predicted octanol–water partition coefficient (Wildman–Crippen LogP) is 1.80. The first-order chi connectivity index (χ1) is 7.24. The molecular weight excluding hydrogens is 212 g/mol. The fourth-order valence-electron chi connectivity index (χ4n) is 1.92. The molecule has 0 spiro atoms. The van der Waals surface area contributed by atoms with Crippen molar-refractivity contribution in [2.24, 2.45) is 0 Å². The zero-order valence-electron chi connectivity index (χ0n) is 8.61. The van der Waals surface area contributed by atoms with Crippen molar-refractivity contribution in [3.63, 3.8) is 0 Å². The summed E-state index contributed by atoms with van der Waals surface area (Å²) in [5.74, 6) is 0. The number of anilines is 2. The van der Waals surface area contributed by atoms with Crippen LogP contribution in [0.25, 0.3) is 0 Å². The molecule has 0 amide bonds. The average molecular weight is 225 g/mol. The highest BCUT2D eigenvalue weighted by Crippen LogP contribution is 2.37. The lowest BCUT2D eigenvalue weighted by Gasteiger charge is -2.36. The number of nitrogens with zero attached hydrogens (tertiary/aromatic N) is 2. The third-order valence-electron chi connectivity index (χ3n) is 2.69. The van der Waals surface area contributed by atoms with Gasteiger partial charge in [0.25, 0.3) is 0 Å². The molecule has 0 atom stereocenters. The van der Waals surface area contributed by atoms with E-state index >= 15 is 0 Å². The molecule has 1 aromatic rings. The van der Waals surface area contributed by atoms with Gasteiger partial charge in [-0.3, -0.25) is 0 Å². The molecular formula is C11H13ClN2O. The maximum absolute atomic E-state index is 10.6. The number of carbonyl (C=O) groups is 1. The number of hydrogen-bond donors (Lipinski definition) is 0. The predicted molar refractivity (Wildman–Crippen MR) is 63.0 cm³/mol. The van der Waals surface area contributed by atoms with Crippen molar-refractivity contribution in [2.45, 2.75) is 0 Å². The van der Waals surface area contributed by atoms with E-state index in [0.29, 0.717) is 6.54 Å². The van der Waals surface area contributed by atoms with Crippen molar-refractivity contribution < 1.29 is 4.79 Å². The smallest absolute Gasteiger partial charge is 0.139 e. The van der Waals surface area contributed by atoms with Gasteiger partial charge in [-0.15, -0.1) is 0 Å². The molecule has 0 unspecified atom stereocenters. The molecule has 0 saturated carbocycles. The number of carbonyl (C=O) groups excluding carboxylic acids is 1. The van der Waals surface area contributed by atoms with Crippen LogP contribution < -0.4 is 9.80 Å². The first-order valence-corrected chi connectivity index (χ1v) is 5.30. The molecule has 80 valence electrons. The number of aldehydes is 1. The maximum atomic E-state index is 10.6. The van der Waals surface area contributed by atoms with Gasteiger partial charge >= 0.3 is 0 Å². The number of rotatable bonds is 2. The van der Waals surface area contributed by atoms with Crippen LogP contribution in [0.2, 0.25) is 5.02 Å². The van der Waals surface area contributed by atoms with Gasteiger partial charge in [0, 0.05) is 20.1 Å². The van der Waals surface area contributed by atoms with E-state index in [9.17, 15) is 4.79 Å². The van der Waals surface area contributed by atoms with Crippen LogP contribution in [0, 0.1) is 0 Å². The second-order valence-corrected chi connectivity index (χ2v) is 4.05. The third kappa shape index (κ3) is 1.79. The minimum atomic E-state index is 0.432. The Morgan fingerprint density at radius 1 is 1.47 bits per heavy atom. The lowest BCUT2D eigenvalue weighted by atomic mass is 10.2. The van der Waals surface area contributed by atoms with Gasteiger partial charge in [0.2, 0.25) is 0 Å². The molecule has 15 heavy (non-hydrogen) atoms. The summed E-state index contributed by atoms with van der Waals surface area (Å²) in [6.07, 6.45) is 0.927. The summed E-state index contributed by atoms with van der Waals surface area (Å²) in [5.41, 5.74) is 2.07. The first-order valence-electron chi connectivity index (χ1n) is 4.92. The summed E-state index contributed by atoms with van der Waals surface area (Å²) >= 11 is 6.15. The average Bonchev–Trinajstić information content (AvgIpc) is 2.22. The van der Waals surface area contributed by atoms with Gasteiger partial charge < -0.3 is 14.6 Å². The quantitative estimate of drug-likeness (QED) is 0.716. The van der Waals surface area contributed by atoms with Crippen molar-refractivity contribution in [2.75, 3.05) is 36.5 Å². The fraction of sp³-hybridized carbons (Fsp3) is 0.364. The van der Waals surface area contributed by atoms with E-state index in [-0.39, 0.29) is 0 Å². The second kappa shape index (κ2) is 4.11. The number of para-hydroxylation sites is 1. The Bertz CT molecular complexity index is 381. The first kappa shape index (κ1) is 10.3. The molecule has 1 aliphatic heterocycles. The van der Waals surface area contributed by atoms with Gasteiger partial charge in [0.05, 0.1) is 22.9 Å². The summed E-state index contributed by atoms with van der Waals surface area (Å²) < 4.78 is 0.